The summed E-state index contributed by atoms with van der Waals surface area (Å²) in [5.41, 5.74) is 3.37. The number of anilines is 2. The van der Waals surface area contributed by atoms with Crippen LogP contribution in [0, 0.1) is 0 Å². The summed E-state index contributed by atoms with van der Waals surface area (Å²) >= 11 is 0. The number of nitrogens with zero attached hydrogens (tertiary/aromatic N) is 3. The van der Waals surface area contributed by atoms with Crippen LogP contribution in [-0.2, 0) is 11.3 Å². The van der Waals surface area contributed by atoms with Crippen molar-refractivity contribution in [3.63, 3.8) is 0 Å². The van der Waals surface area contributed by atoms with Crippen molar-refractivity contribution in [1.29, 1.82) is 0 Å². The van der Waals surface area contributed by atoms with Crippen molar-refractivity contribution in [2.45, 2.75) is 32.4 Å². The van der Waals surface area contributed by atoms with Gasteiger partial charge in [-0.15, -0.1) is 0 Å². The van der Waals surface area contributed by atoms with Gasteiger partial charge in [-0.1, -0.05) is 19.4 Å². The first-order valence-electron chi connectivity index (χ1n) is 10.8. The zero-order chi connectivity index (χ0) is 21.8. The van der Waals surface area contributed by atoms with Crippen LogP contribution in [0.25, 0.3) is 0 Å². The maximum absolute atomic E-state index is 12.2. The molecule has 2 aliphatic rings. The van der Waals surface area contributed by atoms with Crippen LogP contribution < -0.4 is 20.3 Å². The number of ether oxygens (including phenoxy) is 1. The Bertz CT molecular complexity index is 939. The molecule has 2 amide bonds. The fraction of sp³-hybridized carbons (Fsp3) is 0.435. The first-order chi connectivity index (χ1) is 15.1. The van der Waals surface area contributed by atoms with Crippen molar-refractivity contribution in [2.75, 3.05) is 43.4 Å². The van der Waals surface area contributed by atoms with E-state index in [1.807, 2.05) is 25.1 Å². The molecule has 31 heavy (non-hydrogen) atoms. The highest BCUT2D eigenvalue weighted by atomic mass is 16.5. The summed E-state index contributed by atoms with van der Waals surface area (Å²) in [4.78, 5) is 32.8. The van der Waals surface area contributed by atoms with Crippen LogP contribution in [0.5, 0.6) is 5.75 Å². The van der Waals surface area contributed by atoms with E-state index in [4.69, 9.17) is 4.74 Å². The Hall–Kier alpha value is -3.13. The smallest absolute Gasteiger partial charge is 0.269 e. The molecule has 2 aromatic rings. The zero-order valence-electron chi connectivity index (χ0n) is 18.1. The lowest BCUT2D eigenvalue weighted by Gasteiger charge is -2.36. The van der Waals surface area contributed by atoms with E-state index in [1.165, 1.54) is 0 Å². The molecule has 0 aliphatic carbocycles. The third kappa shape index (κ3) is 4.80. The fourth-order valence-corrected chi connectivity index (χ4v) is 4.01. The Morgan fingerprint density at radius 2 is 2.03 bits per heavy atom. The Morgan fingerprint density at radius 3 is 2.71 bits per heavy atom. The van der Waals surface area contributed by atoms with Gasteiger partial charge in [-0.25, -0.2) is 4.98 Å². The molecule has 8 nitrogen and oxygen atoms in total. The molecule has 1 aromatic carbocycles. The summed E-state index contributed by atoms with van der Waals surface area (Å²) < 4.78 is 5.86. The molecule has 2 N–H and O–H groups in total. The Kier molecular flexibility index (Phi) is 6.36. The lowest BCUT2D eigenvalue weighted by molar-refractivity contribution is -0.123. The molecule has 1 aromatic heterocycles. The number of hydrogen-bond acceptors (Lipinski definition) is 6. The number of aromatic nitrogens is 1. The zero-order valence-corrected chi connectivity index (χ0v) is 18.1. The lowest BCUT2D eigenvalue weighted by Crippen LogP contribution is -2.46. The van der Waals surface area contributed by atoms with Gasteiger partial charge in [0.1, 0.15) is 11.4 Å². The van der Waals surface area contributed by atoms with Gasteiger partial charge in [-0.3, -0.25) is 14.5 Å². The minimum Gasteiger partial charge on any atom is -0.478 e. The molecule has 1 fully saturated rings. The monoisotopic (exact) mass is 423 g/mol. The molecule has 0 unspecified atom stereocenters. The van der Waals surface area contributed by atoms with Crippen LogP contribution in [0.2, 0.25) is 0 Å². The van der Waals surface area contributed by atoms with Gasteiger partial charge in [0.05, 0.1) is 17.6 Å². The van der Waals surface area contributed by atoms with Gasteiger partial charge in [-0.2, -0.15) is 0 Å². The number of piperazine rings is 1. The summed E-state index contributed by atoms with van der Waals surface area (Å²) in [5.74, 6) is 0.513. The molecule has 1 atom stereocenters. The van der Waals surface area contributed by atoms with E-state index >= 15 is 0 Å². The van der Waals surface area contributed by atoms with Crippen LogP contribution in [0.3, 0.4) is 0 Å². The van der Waals surface area contributed by atoms with Gasteiger partial charge in [-0.05, 0) is 36.2 Å². The maximum Gasteiger partial charge on any atom is 0.269 e. The molecule has 8 heteroatoms. The van der Waals surface area contributed by atoms with E-state index in [0.717, 1.165) is 68.3 Å². The first-order valence-corrected chi connectivity index (χ1v) is 10.8. The van der Waals surface area contributed by atoms with Crippen molar-refractivity contribution in [3.8, 4) is 5.75 Å². The number of benzene rings is 1. The molecule has 164 valence electrons. The molecular weight excluding hydrogens is 394 g/mol. The number of hydrogen-bond donors (Lipinski definition) is 2. The summed E-state index contributed by atoms with van der Waals surface area (Å²) in [6, 6.07) is 9.76. The van der Waals surface area contributed by atoms with Crippen molar-refractivity contribution < 1.29 is 14.3 Å². The van der Waals surface area contributed by atoms with Crippen molar-refractivity contribution in [1.82, 2.24) is 15.2 Å². The predicted molar refractivity (Wildman–Crippen MR) is 120 cm³/mol. The van der Waals surface area contributed by atoms with Gasteiger partial charge in [0.2, 0.25) is 0 Å². The number of rotatable bonds is 6. The van der Waals surface area contributed by atoms with Crippen LogP contribution in [0.4, 0.5) is 11.4 Å². The predicted octanol–water partition coefficient (Wildman–Crippen LogP) is 2.26. The Morgan fingerprint density at radius 1 is 1.23 bits per heavy atom. The molecule has 0 bridgehead atoms. The third-order valence-electron chi connectivity index (χ3n) is 5.77. The highest BCUT2D eigenvalue weighted by Gasteiger charge is 2.27. The van der Waals surface area contributed by atoms with Gasteiger partial charge >= 0.3 is 0 Å². The summed E-state index contributed by atoms with van der Waals surface area (Å²) in [6.07, 6.45) is 3.00. The SMILES string of the molecule is CCC[C@@H]1Oc2ccc(CN3CCN(c4ccc(C(=O)NC)nc4)CC3)cc2NC1=O. The van der Waals surface area contributed by atoms with Crippen LogP contribution in [0.1, 0.15) is 35.8 Å². The number of carbonyl (C=O) groups is 2. The molecular formula is C23H29N5O3. The Balaban J connectivity index is 1.33. The van der Waals surface area contributed by atoms with E-state index in [9.17, 15) is 9.59 Å². The molecule has 2 aliphatic heterocycles. The third-order valence-corrected chi connectivity index (χ3v) is 5.77. The van der Waals surface area contributed by atoms with Crippen LogP contribution in [-0.4, -0.2) is 61.0 Å². The van der Waals surface area contributed by atoms with Crippen molar-refractivity contribution in [2.24, 2.45) is 0 Å². The van der Waals surface area contributed by atoms with Crippen LogP contribution >= 0.6 is 0 Å². The average molecular weight is 424 g/mol. The minimum atomic E-state index is -0.392. The molecule has 0 radical (unpaired) electrons. The highest BCUT2D eigenvalue weighted by Crippen LogP contribution is 2.32. The fourth-order valence-electron chi connectivity index (χ4n) is 4.01. The molecule has 0 spiro atoms. The topological polar surface area (TPSA) is 86.8 Å². The van der Waals surface area contributed by atoms with E-state index in [1.54, 1.807) is 19.3 Å². The average Bonchev–Trinajstić information content (AvgIpc) is 2.80. The molecule has 1 saturated heterocycles. The molecule has 0 saturated carbocycles. The number of amides is 2. The second-order valence-electron chi connectivity index (χ2n) is 7.96. The second kappa shape index (κ2) is 9.34. The van der Waals surface area contributed by atoms with Gasteiger partial charge in [0, 0.05) is 39.8 Å². The number of fused-ring (bicyclic) bond motifs is 1. The normalized spacial score (nSPS) is 18.7. The maximum atomic E-state index is 12.2. The molecule has 4 rings (SSSR count). The second-order valence-corrected chi connectivity index (χ2v) is 7.96. The van der Waals surface area contributed by atoms with E-state index < -0.39 is 6.10 Å². The quantitative estimate of drug-likeness (QED) is 0.741. The van der Waals surface area contributed by atoms with E-state index in [-0.39, 0.29) is 11.8 Å². The molecule has 3 heterocycles. The minimum absolute atomic E-state index is 0.0591. The Labute approximate surface area is 182 Å². The van der Waals surface area contributed by atoms with Gasteiger partial charge in [0.15, 0.2) is 6.10 Å². The van der Waals surface area contributed by atoms with E-state index in [0.29, 0.717) is 5.69 Å². The van der Waals surface area contributed by atoms with E-state index in [2.05, 4.69) is 31.5 Å². The first kappa shape index (κ1) is 21.1. The van der Waals surface area contributed by atoms with Gasteiger partial charge in [0.25, 0.3) is 11.8 Å². The summed E-state index contributed by atoms with van der Waals surface area (Å²) in [5, 5.41) is 5.58. The standard InChI is InChI=1S/C23H29N5O3/c1-3-4-21-23(30)26-19-13-16(5-8-20(19)31-21)15-27-9-11-28(12-10-27)17-6-7-18(25-14-17)22(29)24-2/h5-8,13-14,21H,3-4,9-12,15H2,1-2H3,(H,24,29)(H,26,30)/t21-/m0/s1. The van der Waals surface area contributed by atoms with Crippen molar-refractivity contribution in [3.05, 3.63) is 47.8 Å². The summed E-state index contributed by atoms with van der Waals surface area (Å²) in [7, 11) is 1.60. The van der Waals surface area contributed by atoms with Crippen molar-refractivity contribution >= 4 is 23.2 Å². The number of pyridine rings is 1. The number of nitrogens with one attached hydrogen (secondary N) is 2. The lowest BCUT2D eigenvalue weighted by atomic mass is 10.1. The van der Waals surface area contributed by atoms with Crippen LogP contribution in [0.15, 0.2) is 36.5 Å². The summed E-state index contributed by atoms with van der Waals surface area (Å²) in [6.45, 7) is 6.51. The highest BCUT2D eigenvalue weighted by molar-refractivity contribution is 5.97. The number of carbonyl (C=O) groups excluding carboxylic acids is 2. The van der Waals surface area contributed by atoms with Gasteiger partial charge < -0.3 is 20.3 Å². The largest absolute Gasteiger partial charge is 0.478 e.